The number of hydrogen-bond acceptors (Lipinski definition) is 7. The molecule has 0 aliphatic carbocycles. The average molecular weight is 355 g/mol. The molecule has 0 N–H and O–H groups in total. The molecule has 1 aliphatic heterocycles. The molecule has 2 rings (SSSR count). The van der Waals surface area contributed by atoms with E-state index in [1.165, 1.54) is 0 Å². The van der Waals surface area contributed by atoms with Crippen LogP contribution < -0.4 is 4.90 Å². The first-order valence-electron chi connectivity index (χ1n) is 7.06. The molecule has 0 saturated heterocycles. The molecule has 0 amide bonds. The van der Waals surface area contributed by atoms with Crippen LogP contribution >= 0.6 is 0 Å². The largest absolute Gasteiger partial charge is 0.466 e. The minimum absolute atomic E-state index is 0.173. The quantitative estimate of drug-likeness (QED) is 0.599. The van der Waals surface area contributed by atoms with Crippen molar-refractivity contribution in [2.75, 3.05) is 32.5 Å². The first kappa shape index (κ1) is 18.5. The smallest absolute Gasteiger partial charge is 0.355 e. The minimum atomic E-state index is -1.10. The lowest BCUT2D eigenvalue weighted by Crippen LogP contribution is -2.39. The summed E-state index contributed by atoms with van der Waals surface area (Å²) in [6, 6.07) is 1.67. The van der Waals surface area contributed by atoms with Crippen molar-refractivity contribution in [2.45, 2.75) is 6.92 Å². The van der Waals surface area contributed by atoms with E-state index in [1.54, 1.807) is 0 Å². The van der Waals surface area contributed by atoms with Gasteiger partial charge in [-0.25, -0.2) is 18.4 Å². The molecule has 0 saturated carbocycles. The van der Waals surface area contributed by atoms with E-state index in [2.05, 4.69) is 9.47 Å². The van der Waals surface area contributed by atoms with E-state index in [9.17, 15) is 23.2 Å². The third-order valence-electron chi connectivity index (χ3n) is 3.53. The van der Waals surface area contributed by atoms with Gasteiger partial charge in [-0.1, -0.05) is 0 Å². The summed E-state index contributed by atoms with van der Waals surface area (Å²) in [5.74, 6) is -4.61. The molecule has 0 radical (unpaired) electrons. The predicted octanol–water partition coefficient (Wildman–Crippen LogP) is 1.56. The van der Waals surface area contributed by atoms with Crippen molar-refractivity contribution in [1.29, 1.82) is 0 Å². The van der Waals surface area contributed by atoms with Crippen molar-refractivity contribution in [3.63, 3.8) is 0 Å². The molecule has 0 bridgehead atoms. The Bertz CT molecular complexity index is 751. The van der Waals surface area contributed by atoms with Gasteiger partial charge in [0, 0.05) is 5.56 Å². The molecule has 7 nitrogen and oxygen atoms in total. The first-order chi connectivity index (χ1) is 11.8. The number of esters is 2. The van der Waals surface area contributed by atoms with Crippen LogP contribution in [0.15, 0.2) is 23.4 Å². The maximum atomic E-state index is 14.4. The van der Waals surface area contributed by atoms with E-state index >= 15 is 0 Å². The van der Waals surface area contributed by atoms with Crippen molar-refractivity contribution in [1.82, 2.24) is 0 Å². The summed E-state index contributed by atoms with van der Waals surface area (Å²) in [5.41, 5.74) is -1.45. The molecular formula is C16H15F2NO6. The lowest BCUT2D eigenvalue weighted by molar-refractivity contribution is -0.140. The molecular weight excluding hydrogens is 340 g/mol. The zero-order valence-corrected chi connectivity index (χ0v) is 13.7. The van der Waals surface area contributed by atoms with E-state index in [1.807, 2.05) is 0 Å². The molecule has 134 valence electrons. The number of carbonyl (C=O) groups excluding carboxylic acids is 3. The van der Waals surface area contributed by atoms with Crippen LogP contribution in [0.5, 0.6) is 0 Å². The summed E-state index contributed by atoms with van der Waals surface area (Å²) in [7, 11) is 2.15. The van der Waals surface area contributed by atoms with Gasteiger partial charge >= 0.3 is 11.9 Å². The second-order valence-corrected chi connectivity index (χ2v) is 5.06. The van der Waals surface area contributed by atoms with Gasteiger partial charge in [-0.15, -0.1) is 0 Å². The number of nitrogens with zero attached hydrogens (tertiary/aromatic N) is 1. The fourth-order valence-corrected chi connectivity index (χ4v) is 2.35. The highest BCUT2D eigenvalue weighted by Crippen LogP contribution is 2.32. The van der Waals surface area contributed by atoms with E-state index < -0.39 is 47.5 Å². The Labute approximate surface area is 141 Å². The maximum Gasteiger partial charge on any atom is 0.355 e. The highest BCUT2D eigenvalue weighted by molar-refractivity contribution is 6.03. The van der Waals surface area contributed by atoms with Gasteiger partial charge in [-0.3, -0.25) is 4.79 Å². The SMILES string of the molecule is COC(=O)C1=C(C(=O)OC)N(c2c(F)cc(C(C)=O)cc2F)COC1. The van der Waals surface area contributed by atoms with Crippen molar-refractivity contribution in [3.05, 3.63) is 40.6 Å². The van der Waals surface area contributed by atoms with E-state index in [4.69, 9.17) is 4.74 Å². The van der Waals surface area contributed by atoms with Crippen LogP contribution in [0.25, 0.3) is 0 Å². The van der Waals surface area contributed by atoms with Gasteiger partial charge in [-0.05, 0) is 19.1 Å². The number of ether oxygens (including phenoxy) is 3. The Balaban J connectivity index is 2.66. The number of methoxy groups -OCH3 is 2. The third-order valence-corrected chi connectivity index (χ3v) is 3.53. The van der Waals surface area contributed by atoms with Gasteiger partial charge in [-0.2, -0.15) is 0 Å². The molecule has 0 aromatic heterocycles. The van der Waals surface area contributed by atoms with Crippen LogP contribution in [0.1, 0.15) is 17.3 Å². The van der Waals surface area contributed by atoms with Crippen molar-refractivity contribution in [3.8, 4) is 0 Å². The number of hydrogen-bond donors (Lipinski definition) is 0. The Morgan fingerprint density at radius 3 is 2.12 bits per heavy atom. The molecule has 25 heavy (non-hydrogen) atoms. The monoisotopic (exact) mass is 355 g/mol. The number of Topliss-reactive ketones (excluding diaryl/α,β-unsaturated/α-hetero) is 1. The highest BCUT2D eigenvalue weighted by atomic mass is 19.1. The highest BCUT2D eigenvalue weighted by Gasteiger charge is 2.35. The molecule has 1 aliphatic rings. The number of halogens is 2. The molecule has 1 aromatic rings. The zero-order chi connectivity index (χ0) is 18.7. The van der Waals surface area contributed by atoms with Crippen LogP contribution in [0, 0.1) is 11.6 Å². The molecule has 9 heteroatoms. The number of anilines is 1. The average Bonchev–Trinajstić information content (AvgIpc) is 2.59. The van der Waals surface area contributed by atoms with Crippen molar-refractivity contribution in [2.24, 2.45) is 0 Å². The summed E-state index contributed by atoms with van der Waals surface area (Å²) in [5, 5.41) is 0. The van der Waals surface area contributed by atoms with Crippen molar-refractivity contribution < 1.29 is 37.4 Å². The molecule has 0 fully saturated rings. The zero-order valence-electron chi connectivity index (χ0n) is 13.7. The van der Waals surface area contributed by atoms with Gasteiger partial charge < -0.3 is 19.1 Å². The fourth-order valence-electron chi connectivity index (χ4n) is 2.35. The third kappa shape index (κ3) is 3.50. The molecule has 0 atom stereocenters. The number of benzene rings is 1. The molecule has 0 unspecified atom stereocenters. The predicted molar refractivity (Wildman–Crippen MR) is 80.7 cm³/mol. The van der Waals surface area contributed by atoms with Gasteiger partial charge in [0.15, 0.2) is 17.4 Å². The van der Waals surface area contributed by atoms with E-state index in [0.717, 1.165) is 38.2 Å². The minimum Gasteiger partial charge on any atom is -0.466 e. The summed E-state index contributed by atoms with van der Waals surface area (Å²) in [4.78, 5) is 36.1. The van der Waals surface area contributed by atoms with Crippen LogP contribution in [-0.2, 0) is 23.8 Å². The number of ketones is 1. The van der Waals surface area contributed by atoms with Crippen LogP contribution in [0.3, 0.4) is 0 Å². The first-order valence-corrected chi connectivity index (χ1v) is 7.06. The standard InChI is InChI=1S/C16H15F2NO6/c1-8(20)9-4-11(17)14(12(18)5-9)19-7-25-6-10(15(21)23-2)13(19)16(22)24-3/h4-5H,6-7H2,1-3H3. The summed E-state index contributed by atoms with van der Waals surface area (Å²) >= 11 is 0. The van der Waals surface area contributed by atoms with Gasteiger partial charge in [0.1, 0.15) is 18.1 Å². The maximum absolute atomic E-state index is 14.4. The lowest BCUT2D eigenvalue weighted by atomic mass is 10.1. The summed E-state index contributed by atoms with van der Waals surface area (Å²) < 4.78 is 43.2. The van der Waals surface area contributed by atoms with Crippen LogP contribution in [-0.4, -0.2) is 45.3 Å². The Morgan fingerprint density at radius 1 is 1.08 bits per heavy atom. The van der Waals surface area contributed by atoms with Crippen LogP contribution in [0.4, 0.5) is 14.5 Å². The van der Waals surface area contributed by atoms with Crippen molar-refractivity contribution >= 4 is 23.4 Å². The molecule has 1 aromatic carbocycles. The Morgan fingerprint density at radius 2 is 1.64 bits per heavy atom. The summed E-state index contributed by atoms with van der Waals surface area (Å²) in [6.07, 6.45) is 0. The van der Waals surface area contributed by atoms with Crippen LogP contribution in [0.2, 0.25) is 0 Å². The molecule has 0 spiro atoms. The topological polar surface area (TPSA) is 82.1 Å². The summed E-state index contributed by atoms with van der Waals surface area (Å²) in [6.45, 7) is 0.466. The van der Waals surface area contributed by atoms with E-state index in [0.29, 0.717) is 0 Å². The van der Waals surface area contributed by atoms with Gasteiger partial charge in [0.25, 0.3) is 0 Å². The van der Waals surface area contributed by atoms with Gasteiger partial charge in [0.2, 0.25) is 0 Å². The second-order valence-electron chi connectivity index (χ2n) is 5.06. The molecule has 1 heterocycles. The van der Waals surface area contributed by atoms with Gasteiger partial charge in [0.05, 0.1) is 26.4 Å². The Kier molecular flexibility index (Phi) is 5.48. The normalized spacial score (nSPS) is 14.4. The van der Waals surface area contributed by atoms with E-state index in [-0.39, 0.29) is 17.7 Å². The number of rotatable bonds is 4. The lowest BCUT2D eigenvalue weighted by Gasteiger charge is -2.31. The second kappa shape index (κ2) is 7.39. The Hall–Kier alpha value is -2.81. The number of carbonyl (C=O) groups is 3. The fraction of sp³-hybridized carbons (Fsp3) is 0.312.